The molecule has 1 aliphatic heterocycles. The summed E-state index contributed by atoms with van der Waals surface area (Å²) in [5.41, 5.74) is 3.79. The van der Waals surface area contributed by atoms with Crippen molar-refractivity contribution in [2.45, 2.75) is 32.9 Å². The Morgan fingerprint density at radius 3 is 2.70 bits per heavy atom. The Labute approximate surface area is 122 Å². The van der Waals surface area contributed by atoms with Gasteiger partial charge in [-0.1, -0.05) is 6.92 Å². The average molecular weight is 278 g/mol. The summed E-state index contributed by atoms with van der Waals surface area (Å²) < 4.78 is 11.3. The quantitative estimate of drug-likeness (QED) is 0.809. The molecule has 0 amide bonds. The van der Waals surface area contributed by atoms with Crippen molar-refractivity contribution < 1.29 is 9.47 Å². The number of likely N-dealkylation sites (N-methyl/N-ethyl adjacent to an activating group) is 1. The molecule has 0 bridgehead atoms. The van der Waals surface area contributed by atoms with Gasteiger partial charge in [0.1, 0.15) is 11.5 Å². The van der Waals surface area contributed by atoms with Crippen molar-refractivity contribution in [2.24, 2.45) is 0 Å². The zero-order valence-electron chi connectivity index (χ0n) is 13.1. The molecule has 0 unspecified atom stereocenters. The fraction of sp³-hybridized carbons (Fsp3) is 0.625. The van der Waals surface area contributed by atoms with Gasteiger partial charge in [-0.15, -0.1) is 0 Å². The number of ether oxygens (including phenoxy) is 2. The summed E-state index contributed by atoms with van der Waals surface area (Å²) in [7, 11) is 5.66. The summed E-state index contributed by atoms with van der Waals surface area (Å²) in [6.45, 7) is 6.02. The van der Waals surface area contributed by atoms with Gasteiger partial charge < -0.3 is 19.7 Å². The molecule has 20 heavy (non-hydrogen) atoms. The Hall–Kier alpha value is -1.26. The smallest absolute Gasteiger partial charge is 0.127 e. The van der Waals surface area contributed by atoms with Crippen molar-refractivity contribution >= 4 is 0 Å². The first-order valence-corrected chi connectivity index (χ1v) is 7.36. The van der Waals surface area contributed by atoms with E-state index >= 15 is 0 Å². The van der Waals surface area contributed by atoms with Gasteiger partial charge in [0.05, 0.1) is 14.2 Å². The predicted molar refractivity (Wildman–Crippen MR) is 81.6 cm³/mol. The maximum atomic E-state index is 5.70. The molecule has 0 fully saturated rings. The predicted octanol–water partition coefficient (Wildman–Crippen LogP) is 2.19. The standard InChI is InChI=1S/C16H26N2O2/c1-5-7-17-10-12-9-15(19-3)14-11-18(2)8-6-13(14)16(12)20-4/h9,17H,5-8,10-11H2,1-4H3. The van der Waals surface area contributed by atoms with Crippen LogP contribution in [-0.4, -0.2) is 39.3 Å². The van der Waals surface area contributed by atoms with E-state index in [1.165, 1.54) is 16.7 Å². The maximum absolute atomic E-state index is 5.70. The van der Waals surface area contributed by atoms with E-state index in [0.717, 1.165) is 50.5 Å². The van der Waals surface area contributed by atoms with Crippen LogP contribution in [0.5, 0.6) is 11.5 Å². The molecular weight excluding hydrogens is 252 g/mol. The summed E-state index contributed by atoms with van der Waals surface area (Å²) in [4.78, 5) is 2.32. The lowest BCUT2D eigenvalue weighted by molar-refractivity contribution is 0.294. The molecule has 0 radical (unpaired) electrons. The SMILES string of the molecule is CCCNCc1cc(OC)c2c(c1OC)CCN(C)C2. The van der Waals surface area contributed by atoms with Gasteiger partial charge >= 0.3 is 0 Å². The van der Waals surface area contributed by atoms with Gasteiger partial charge in [-0.05, 0) is 32.5 Å². The van der Waals surface area contributed by atoms with Gasteiger partial charge in [0.25, 0.3) is 0 Å². The molecule has 1 heterocycles. The summed E-state index contributed by atoms with van der Waals surface area (Å²) >= 11 is 0. The van der Waals surface area contributed by atoms with E-state index in [2.05, 4.69) is 30.3 Å². The first kappa shape index (κ1) is 15.1. The lowest BCUT2D eigenvalue weighted by Crippen LogP contribution is -2.28. The van der Waals surface area contributed by atoms with Crippen LogP contribution in [0.15, 0.2) is 6.07 Å². The zero-order chi connectivity index (χ0) is 14.5. The fourth-order valence-electron chi connectivity index (χ4n) is 2.85. The van der Waals surface area contributed by atoms with E-state index < -0.39 is 0 Å². The number of methoxy groups -OCH3 is 2. The molecule has 1 aromatic carbocycles. The Morgan fingerprint density at radius 1 is 1.25 bits per heavy atom. The van der Waals surface area contributed by atoms with Crippen LogP contribution in [0.4, 0.5) is 0 Å². The Kier molecular flexibility index (Phi) is 5.26. The molecule has 0 aliphatic carbocycles. The average Bonchev–Trinajstić information content (AvgIpc) is 2.46. The highest BCUT2D eigenvalue weighted by atomic mass is 16.5. The van der Waals surface area contributed by atoms with Crippen molar-refractivity contribution in [1.29, 1.82) is 0 Å². The summed E-state index contributed by atoms with van der Waals surface area (Å²) in [5.74, 6) is 2.03. The summed E-state index contributed by atoms with van der Waals surface area (Å²) in [6.07, 6.45) is 2.15. The number of benzene rings is 1. The molecule has 0 atom stereocenters. The molecule has 4 nitrogen and oxygen atoms in total. The van der Waals surface area contributed by atoms with Gasteiger partial charge in [0, 0.05) is 36.3 Å². The Bertz CT molecular complexity index is 460. The highest BCUT2D eigenvalue weighted by Crippen LogP contribution is 2.37. The molecule has 0 saturated heterocycles. The van der Waals surface area contributed by atoms with Crippen LogP contribution in [0.2, 0.25) is 0 Å². The molecule has 112 valence electrons. The molecule has 4 heteroatoms. The first-order chi connectivity index (χ1) is 9.71. The van der Waals surface area contributed by atoms with Gasteiger partial charge in [-0.3, -0.25) is 0 Å². The van der Waals surface area contributed by atoms with Crippen molar-refractivity contribution in [3.05, 3.63) is 22.8 Å². The van der Waals surface area contributed by atoms with Crippen molar-refractivity contribution in [2.75, 3.05) is 34.4 Å². The van der Waals surface area contributed by atoms with Gasteiger partial charge in [0.15, 0.2) is 0 Å². The second kappa shape index (κ2) is 6.95. The second-order valence-electron chi connectivity index (χ2n) is 5.39. The van der Waals surface area contributed by atoms with Crippen molar-refractivity contribution in [1.82, 2.24) is 10.2 Å². The molecule has 2 rings (SSSR count). The number of nitrogens with zero attached hydrogens (tertiary/aromatic N) is 1. The highest BCUT2D eigenvalue weighted by molar-refractivity contribution is 5.54. The molecule has 1 N–H and O–H groups in total. The van der Waals surface area contributed by atoms with Gasteiger partial charge in [-0.2, -0.15) is 0 Å². The van der Waals surface area contributed by atoms with Crippen LogP contribution in [0.3, 0.4) is 0 Å². The van der Waals surface area contributed by atoms with E-state index in [1.54, 1.807) is 14.2 Å². The van der Waals surface area contributed by atoms with Crippen LogP contribution >= 0.6 is 0 Å². The van der Waals surface area contributed by atoms with Crippen LogP contribution in [-0.2, 0) is 19.5 Å². The minimum absolute atomic E-state index is 0.830. The Balaban J connectivity index is 2.37. The van der Waals surface area contributed by atoms with E-state index in [-0.39, 0.29) is 0 Å². The fourth-order valence-corrected chi connectivity index (χ4v) is 2.85. The molecule has 0 saturated carbocycles. The third kappa shape index (κ3) is 3.07. The summed E-state index contributed by atoms with van der Waals surface area (Å²) in [6, 6.07) is 2.12. The molecular formula is C16H26N2O2. The lowest BCUT2D eigenvalue weighted by Gasteiger charge is -2.29. The Morgan fingerprint density at radius 2 is 2.05 bits per heavy atom. The summed E-state index contributed by atoms with van der Waals surface area (Å²) in [5, 5.41) is 3.45. The largest absolute Gasteiger partial charge is 0.496 e. The van der Waals surface area contributed by atoms with E-state index in [0.29, 0.717) is 0 Å². The minimum Gasteiger partial charge on any atom is -0.496 e. The number of nitrogens with one attached hydrogen (secondary N) is 1. The topological polar surface area (TPSA) is 33.7 Å². The molecule has 1 aromatic rings. The first-order valence-electron chi connectivity index (χ1n) is 7.36. The number of hydrogen-bond acceptors (Lipinski definition) is 4. The van der Waals surface area contributed by atoms with E-state index in [1.807, 2.05) is 0 Å². The molecule has 0 spiro atoms. The van der Waals surface area contributed by atoms with E-state index in [4.69, 9.17) is 9.47 Å². The van der Waals surface area contributed by atoms with E-state index in [9.17, 15) is 0 Å². The van der Waals surface area contributed by atoms with Crippen LogP contribution in [0.1, 0.15) is 30.0 Å². The van der Waals surface area contributed by atoms with Gasteiger partial charge in [-0.25, -0.2) is 0 Å². The maximum Gasteiger partial charge on any atom is 0.127 e. The van der Waals surface area contributed by atoms with Crippen molar-refractivity contribution in [3.63, 3.8) is 0 Å². The highest BCUT2D eigenvalue weighted by Gasteiger charge is 2.23. The zero-order valence-corrected chi connectivity index (χ0v) is 13.1. The molecule has 1 aliphatic rings. The third-order valence-corrected chi connectivity index (χ3v) is 3.87. The monoisotopic (exact) mass is 278 g/mol. The van der Waals surface area contributed by atoms with Gasteiger partial charge in [0.2, 0.25) is 0 Å². The molecule has 0 aromatic heterocycles. The minimum atomic E-state index is 0.830. The van der Waals surface area contributed by atoms with Crippen LogP contribution in [0, 0.1) is 0 Å². The second-order valence-corrected chi connectivity index (χ2v) is 5.39. The number of fused-ring (bicyclic) bond motifs is 1. The van der Waals surface area contributed by atoms with Crippen molar-refractivity contribution in [3.8, 4) is 11.5 Å². The van der Waals surface area contributed by atoms with Crippen LogP contribution in [0.25, 0.3) is 0 Å². The van der Waals surface area contributed by atoms with Crippen LogP contribution < -0.4 is 14.8 Å². The number of hydrogen-bond donors (Lipinski definition) is 1. The number of rotatable bonds is 6. The third-order valence-electron chi connectivity index (χ3n) is 3.87. The normalized spacial score (nSPS) is 15.0. The lowest BCUT2D eigenvalue weighted by atomic mass is 9.94.